The monoisotopic (exact) mass is 304 g/mol. The second-order valence-corrected chi connectivity index (χ2v) is 4.83. The molecule has 1 N–H and O–H groups in total. The molecule has 0 amide bonds. The fourth-order valence-electron chi connectivity index (χ4n) is 2.41. The number of rotatable bonds is 6. The minimum Gasteiger partial charge on any atom is -0.476 e. The van der Waals surface area contributed by atoms with Gasteiger partial charge in [0.05, 0.1) is 16.3 Å². The average Bonchev–Trinajstić information content (AvgIpc) is 2.94. The number of carboxylic acids is 1. The molecule has 0 aliphatic rings. The number of aromatic carboxylic acids is 1. The maximum absolute atomic E-state index is 11.4. The van der Waals surface area contributed by atoms with Crippen LogP contribution in [0.25, 0.3) is 5.69 Å². The highest BCUT2D eigenvalue weighted by molar-refractivity contribution is 5.86. The topological polar surface area (TPSA) is 111 Å². The number of nitro groups is 1. The lowest BCUT2D eigenvalue weighted by atomic mass is 9.97. The zero-order valence-corrected chi connectivity index (χ0v) is 12.3. The van der Waals surface area contributed by atoms with Gasteiger partial charge in [-0.1, -0.05) is 25.1 Å². The lowest BCUT2D eigenvalue weighted by Gasteiger charge is -2.15. The highest BCUT2D eigenvalue weighted by Gasteiger charge is 2.25. The number of hydrogen-bond acceptors (Lipinski definition) is 5. The van der Waals surface area contributed by atoms with E-state index in [4.69, 9.17) is 0 Å². The average molecular weight is 304 g/mol. The van der Waals surface area contributed by atoms with Crippen molar-refractivity contribution in [2.45, 2.75) is 32.6 Å². The predicted molar refractivity (Wildman–Crippen MR) is 78.3 cm³/mol. The summed E-state index contributed by atoms with van der Waals surface area (Å²) in [6, 6.07) is 5.90. The highest BCUT2D eigenvalue weighted by atomic mass is 16.6. The van der Waals surface area contributed by atoms with Crippen molar-refractivity contribution in [3.8, 4) is 5.69 Å². The molecule has 8 heteroatoms. The second-order valence-electron chi connectivity index (χ2n) is 4.83. The van der Waals surface area contributed by atoms with Crippen molar-refractivity contribution >= 4 is 11.7 Å². The highest BCUT2D eigenvalue weighted by Crippen LogP contribution is 2.28. The Balaban J connectivity index is 2.63. The molecule has 8 nitrogen and oxygen atoms in total. The zero-order valence-electron chi connectivity index (χ0n) is 12.3. The second kappa shape index (κ2) is 6.33. The summed E-state index contributed by atoms with van der Waals surface area (Å²) in [5.74, 6) is -1.20. The van der Waals surface area contributed by atoms with Gasteiger partial charge in [0.1, 0.15) is 0 Å². The summed E-state index contributed by atoms with van der Waals surface area (Å²) in [4.78, 5) is 21.7. The summed E-state index contributed by atoms with van der Waals surface area (Å²) >= 11 is 0. The van der Waals surface area contributed by atoms with E-state index in [0.29, 0.717) is 11.4 Å². The van der Waals surface area contributed by atoms with Crippen molar-refractivity contribution in [2.24, 2.45) is 0 Å². The molecule has 0 bridgehead atoms. The molecule has 0 saturated heterocycles. The Labute approximate surface area is 126 Å². The molecule has 2 rings (SSSR count). The molecule has 1 heterocycles. The van der Waals surface area contributed by atoms with Gasteiger partial charge >= 0.3 is 5.97 Å². The number of nitrogens with zero attached hydrogens (tertiary/aromatic N) is 4. The maximum atomic E-state index is 11.4. The lowest BCUT2D eigenvalue weighted by Crippen LogP contribution is -2.11. The van der Waals surface area contributed by atoms with E-state index in [2.05, 4.69) is 10.3 Å². The molecule has 0 spiro atoms. The smallest absolute Gasteiger partial charge is 0.358 e. The van der Waals surface area contributed by atoms with Gasteiger partial charge in [-0.15, -0.1) is 5.10 Å². The lowest BCUT2D eigenvalue weighted by molar-refractivity contribution is -0.384. The van der Waals surface area contributed by atoms with E-state index in [1.54, 1.807) is 6.07 Å². The van der Waals surface area contributed by atoms with Crippen LogP contribution in [0.5, 0.6) is 0 Å². The van der Waals surface area contributed by atoms with Crippen LogP contribution < -0.4 is 0 Å². The van der Waals surface area contributed by atoms with Crippen molar-refractivity contribution in [2.75, 3.05) is 0 Å². The minimum atomic E-state index is -1.15. The molecule has 1 aromatic heterocycles. The van der Waals surface area contributed by atoms with E-state index in [0.717, 1.165) is 12.8 Å². The van der Waals surface area contributed by atoms with Crippen molar-refractivity contribution in [1.82, 2.24) is 15.0 Å². The maximum Gasteiger partial charge on any atom is 0.358 e. The van der Waals surface area contributed by atoms with Gasteiger partial charge in [-0.3, -0.25) is 10.1 Å². The molecule has 0 atom stereocenters. The molecule has 0 radical (unpaired) electrons. The van der Waals surface area contributed by atoms with Crippen LogP contribution in [0.15, 0.2) is 24.3 Å². The van der Waals surface area contributed by atoms with Crippen molar-refractivity contribution < 1.29 is 14.8 Å². The Morgan fingerprint density at radius 1 is 1.41 bits per heavy atom. The van der Waals surface area contributed by atoms with Crippen LogP contribution in [-0.4, -0.2) is 31.0 Å². The zero-order chi connectivity index (χ0) is 16.3. The number of hydrogen-bond donors (Lipinski definition) is 1. The van der Waals surface area contributed by atoms with Crippen LogP contribution in [0, 0.1) is 10.1 Å². The fraction of sp³-hybridized carbons (Fsp3) is 0.357. The van der Waals surface area contributed by atoms with Crippen molar-refractivity contribution in [3.05, 3.63) is 45.8 Å². The Hall–Kier alpha value is -2.77. The molecule has 22 heavy (non-hydrogen) atoms. The van der Waals surface area contributed by atoms with Gasteiger partial charge in [0.2, 0.25) is 0 Å². The summed E-state index contributed by atoms with van der Waals surface area (Å²) in [6.07, 6.45) is 1.44. The Kier molecular flexibility index (Phi) is 4.50. The molecule has 0 fully saturated rings. The molecular weight excluding hydrogens is 288 g/mol. The van der Waals surface area contributed by atoms with E-state index < -0.39 is 10.9 Å². The van der Waals surface area contributed by atoms with E-state index in [1.807, 2.05) is 13.8 Å². The summed E-state index contributed by atoms with van der Waals surface area (Å²) in [7, 11) is 0. The van der Waals surface area contributed by atoms with Crippen molar-refractivity contribution in [3.63, 3.8) is 0 Å². The molecule has 0 unspecified atom stereocenters. The SMILES string of the molecule is CCC(CC)c1c(C(=O)O)nnn1-c1cccc([N+](=O)[O-])c1. The van der Waals surface area contributed by atoms with Crippen LogP contribution in [0.3, 0.4) is 0 Å². The number of aromatic nitrogens is 3. The first kappa shape index (κ1) is 15.6. The third-order valence-electron chi connectivity index (χ3n) is 3.56. The molecular formula is C14H16N4O4. The van der Waals surface area contributed by atoms with Gasteiger partial charge in [-0.05, 0) is 18.9 Å². The van der Waals surface area contributed by atoms with Crippen LogP contribution in [-0.2, 0) is 0 Å². The molecule has 116 valence electrons. The minimum absolute atomic E-state index is 0.0413. The molecule has 0 aliphatic heterocycles. The Morgan fingerprint density at radius 3 is 2.64 bits per heavy atom. The first-order valence-corrected chi connectivity index (χ1v) is 6.93. The van der Waals surface area contributed by atoms with Gasteiger partial charge in [0.15, 0.2) is 5.69 Å². The van der Waals surface area contributed by atoms with Crippen molar-refractivity contribution in [1.29, 1.82) is 0 Å². The van der Waals surface area contributed by atoms with Gasteiger partial charge in [-0.25, -0.2) is 9.48 Å². The predicted octanol–water partition coefficient (Wildman–Crippen LogP) is 2.78. The molecule has 2 aromatic rings. The third kappa shape index (κ3) is 2.80. The summed E-state index contributed by atoms with van der Waals surface area (Å²) in [5.41, 5.74) is 0.703. The van der Waals surface area contributed by atoms with Gasteiger partial charge in [-0.2, -0.15) is 0 Å². The van der Waals surface area contributed by atoms with Gasteiger partial charge < -0.3 is 5.11 Å². The van der Waals surface area contributed by atoms with Crippen LogP contribution in [0.4, 0.5) is 5.69 Å². The van der Waals surface area contributed by atoms with E-state index in [1.165, 1.54) is 22.9 Å². The summed E-state index contributed by atoms with van der Waals surface area (Å²) < 4.78 is 1.38. The number of carboxylic acid groups (broad SMARTS) is 1. The first-order valence-electron chi connectivity index (χ1n) is 6.93. The number of carbonyl (C=O) groups is 1. The Morgan fingerprint density at radius 2 is 2.09 bits per heavy atom. The number of benzene rings is 1. The van der Waals surface area contributed by atoms with Crippen LogP contribution >= 0.6 is 0 Å². The van der Waals surface area contributed by atoms with Gasteiger partial charge in [0, 0.05) is 18.1 Å². The quantitative estimate of drug-likeness (QED) is 0.648. The summed E-state index contributed by atoms with van der Waals surface area (Å²) in [5, 5.41) is 27.8. The molecule has 1 aromatic carbocycles. The number of non-ortho nitro benzene ring substituents is 1. The van der Waals surface area contributed by atoms with Crippen LogP contribution in [0.1, 0.15) is 48.8 Å². The van der Waals surface area contributed by atoms with E-state index in [9.17, 15) is 20.0 Å². The number of nitro benzene ring substituents is 1. The Bertz CT molecular complexity index is 707. The molecule has 0 aliphatic carbocycles. The largest absolute Gasteiger partial charge is 0.476 e. The molecule has 0 saturated carbocycles. The fourth-order valence-corrected chi connectivity index (χ4v) is 2.41. The van der Waals surface area contributed by atoms with E-state index >= 15 is 0 Å². The third-order valence-corrected chi connectivity index (χ3v) is 3.56. The van der Waals surface area contributed by atoms with E-state index in [-0.39, 0.29) is 17.3 Å². The van der Waals surface area contributed by atoms with Gasteiger partial charge in [0.25, 0.3) is 5.69 Å². The standard InChI is InChI=1S/C14H16N4O4/c1-3-9(4-2)13-12(14(19)20)15-16-17(13)10-6-5-7-11(8-10)18(21)22/h5-9H,3-4H2,1-2H3,(H,19,20). The first-order chi connectivity index (χ1) is 10.5. The normalized spacial score (nSPS) is 10.9. The summed E-state index contributed by atoms with van der Waals surface area (Å²) in [6.45, 7) is 3.90. The van der Waals surface area contributed by atoms with Crippen LogP contribution in [0.2, 0.25) is 0 Å².